The Balaban J connectivity index is -0.00000000720. The van der Waals surface area contributed by atoms with Crippen molar-refractivity contribution in [1.82, 2.24) is 0 Å². The van der Waals surface area contributed by atoms with Crippen LogP contribution in [0.2, 0.25) is 0 Å². The topological polar surface area (TPSA) is 454 Å². The molecular weight excluding hydrogens is 468 g/mol. The number of hydrogen-bond donors (Lipinski definition) is 0. The zero-order chi connectivity index (χ0) is 14.3. The predicted octanol–water partition coefficient (Wildman–Crippen LogP) is -5.91. The van der Waals surface area contributed by atoms with Gasteiger partial charge in [0.25, 0.3) is 0 Å². The maximum Gasteiger partial charge on any atom is 2.00 e. The molecule has 0 aromatic rings. The quantitative estimate of drug-likeness (QED) is 0.177. The molecule has 22 nitrogen and oxygen atoms in total. The van der Waals surface area contributed by atoms with Crippen LogP contribution in [-0.4, -0.2) is 53.2 Å². The number of nitrogens with zero attached hydrogens (tertiary/aromatic N) is 4. The molecule has 0 unspecified atom stereocenters. The summed E-state index contributed by atoms with van der Waals surface area (Å²) in [7, 11) is 0. The molecule has 12 N–H and O–H groups in total. The monoisotopic (exact) mass is 478 g/mol. The zero-order valence-electron chi connectivity index (χ0n) is 10.7. The minimum absolute atomic E-state index is 0. The fourth-order valence-electron chi connectivity index (χ4n) is 0. The van der Waals surface area contributed by atoms with E-state index in [1.807, 2.05) is 0 Å². The van der Waals surface area contributed by atoms with Crippen LogP contribution in [0, 0.1) is 61.3 Å². The fraction of sp³-hybridized carbons (Fsp3) is 0. The van der Waals surface area contributed by atoms with Crippen LogP contribution in [0.5, 0.6) is 0 Å². The summed E-state index contributed by atoms with van der Waals surface area (Å²) in [5.74, 6) is 0. The largest absolute Gasteiger partial charge is 2.00 e. The van der Waals surface area contributed by atoms with Crippen LogP contribution in [0.1, 0.15) is 0 Å². The maximum atomic E-state index is 8.25. The molecular formula is H12N4NiO18Zn. The molecule has 0 aromatic carbocycles. The van der Waals surface area contributed by atoms with Crippen molar-refractivity contribution < 1.29 is 89.2 Å². The average Bonchev–Trinajstić information content (AvgIpc) is 1.76. The van der Waals surface area contributed by atoms with Gasteiger partial charge in [0.15, 0.2) is 0 Å². The van der Waals surface area contributed by atoms with Crippen LogP contribution < -0.4 is 0 Å². The fourth-order valence-corrected chi connectivity index (χ4v) is 0. The summed E-state index contributed by atoms with van der Waals surface area (Å²) in [6.07, 6.45) is 0. The van der Waals surface area contributed by atoms with Crippen LogP contribution in [0.4, 0.5) is 0 Å². The van der Waals surface area contributed by atoms with Crippen molar-refractivity contribution in [2.45, 2.75) is 0 Å². The standard InChI is InChI=1S/4NO3.Ni.6H2O.Zn/c4*2-1(3)4;;;;;;;;/h;;;;;6*1H2;/q4*-1;+2;;;;;;;+2. The first kappa shape index (κ1) is 99.0. The molecule has 0 heterocycles. The average molecular weight is 480 g/mol. The van der Waals surface area contributed by atoms with Gasteiger partial charge in [-0.3, -0.25) is 0 Å². The van der Waals surface area contributed by atoms with Gasteiger partial charge in [0.1, 0.15) is 0 Å². The van der Waals surface area contributed by atoms with E-state index in [1.54, 1.807) is 0 Å². The van der Waals surface area contributed by atoms with Crippen molar-refractivity contribution in [2.24, 2.45) is 0 Å². The van der Waals surface area contributed by atoms with Crippen molar-refractivity contribution in [2.75, 3.05) is 0 Å². The molecule has 0 fully saturated rings. The molecule has 0 aliphatic carbocycles. The van der Waals surface area contributed by atoms with Gasteiger partial charge in [-0.25, -0.2) is 0 Å². The Bertz CT molecular complexity index is 167. The summed E-state index contributed by atoms with van der Waals surface area (Å²) in [6.45, 7) is 0. The first-order chi connectivity index (χ1) is 6.93. The van der Waals surface area contributed by atoms with Crippen molar-refractivity contribution >= 4 is 0 Å². The van der Waals surface area contributed by atoms with Crippen LogP contribution in [-0.2, 0) is 36.0 Å². The van der Waals surface area contributed by atoms with Gasteiger partial charge >= 0.3 is 36.0 Å². The minimum Gasteiger partial charge on any atom is -0.412 e. The van der Waals surface area contributed by atoms with E-state index in [9.17, 15) is 0 Å². The normalized spacial score (nSPS) is 4.00. The summed E-state index contributed by atoms with van der Waals surface area (Å²) < 4.78 is 0. The maximum absolute atomic E-state index is 8.25. The van der Waals surface area contributed by atoms with Crippen molar-refractivity contribution in [3.05, 3.63) is 61.3 Å². The predicted molar refractivity (Wildman–Crippen MR) is 63.1 cm³/mol. The van der Waals surface area contributed by atoms with Gasteiger partial charge in [-0.2, -0.15) is 0 Å². The molecule has 24 heteroatoms. The van der Waals surface area contributed by atoms with Crippen molar-refractivity contribution in [1.29, 1.82) is 0 Å². The Hall–Kier alpha value is -2.32. The minimum atomic E-state index is -1.75. The molecule has 0 aromatic heterocycles. The SMILES string of the molecule is O.O.O.O.O.O.O=[N+]([O-])[O-].O=[N+]([O-])[O-].O=[N+]([O-])[O-].O=[N+]([O-])[O-].[Ni+2].[Zn+2]. The number of hydrogen-bond acceptors (Lipinski definition) is 12. The summed E-state index contributed by atoms with van der Waals surface area (Å²) in [5.41, 5.74) is 0. The molecule has 0 amide bonds. The Morgan fingerprint density at radius 3 is 0.375 bits per heavy atom. The first-order valence-corrected chi connectivity index (χ1v) is 2.19. The van der Waals surface area contributed by atoms with E-state index in [0.29, 0.717) is 0 Å². The Kier molecular flexibility index (Phi) is 353. The smallest absolute Gasteiger partial charge is 0.412 e. The molecule has 0 rings (SSSR count). The van der Waals surface area contributed by atoms with Gasteiger partial charge < -0.3 is 94.1 Å². The Labute approximate surface area is 151 Å². The second kappa shape index (κ2) is 85.5. The molecule has 0 spiro atoms. The third kappa shape index (κ3) is 1270. The Morgan fingerprint density at radius 2 is 0.375 bits per heavy atom. The van der Waals surface area contributed by atoms with E-state index >= 15 is 0 Å². The van der Waals surface area contributed by atoms with Gasteiger partial charge in [0.05, 0.1) is 20.3 Å². The Morgan fingerprint density at radius 1 is 0.375 bits per heavy atom. The molecule has 0 saturated carbocycles. The van der Waals surface area contributed by atoms with Crippen molar-refractivity contribution in [3.63, 3.8) is 0 Å². The van der Waals surface area contributed by atoms with E-state index < -0.39 is 20.3 Å². The van der Waals surface area contributed by atoms with Crippen LogP contribution in [0.3, 0.4) is 0 Å². The third-order valence-corrected chi connectivity index (χ3v) is 0. The zero-order valence-corrected chi connectivity index (χ0v) is 14.7. The molecule has 0 bridgehead atoms. The summed E-state index contributed by atoms with van der Waals surface area (Å²) in [4.78, 5) is 33.0. The molecule has 24 heavy (non-hydrogen) atoms. The van der Waals surface area contributed by atoms with Gasteiger partial charge in [-0.05, 0) is 0 Å². The molecule has 152 valence electrons. The second-order valence-electron chi connectivity index (χ2n) is 0.894. The van der Waals surface area contributed by atoms with Crippen LogP contribution in [0.25, 0.3) is 0 Å². The van der Waals surface area contributed by atoms with Gasteiger partial charge in [-0.1, -0.05) is 0 Å². The van der Waals surface area contributed by atoms with E-state index in [2.05, 4.69) is 0 Å². The summed E-state index contributed by atoms with van der Waals surface area (Å²) >= 11 is 0. The van der Waals surface area contributed by atoms with Gasteiger partial charge in [0, 0.05) is 0 Å². The van der Waals surface area contributed by atoms with Gasteiger partial charge in [-0.15, -0.1) is 0 Å². The van der Waals surface area contributed by atoms with E-state index in [-0.39, 0.29) is 68.8 Å². The summed E-state index contributed by atoms with van der Waals surface area (Å²) in [6, 6.07) is 0. The molecule has 0 aliphatic rings. The van der Waals surface area contributed by atoms with E-state index in [1.165, 1.54) is 0 Å². The van der Waals surface area contributed by atoms with Crippen LogP contribution >= 0.6 is 0 Å². The molecule has 0 radical (unpaired) electrons. The summed E-state index contributed by atoms with van der Waals surface area (Å²) in [5, 5.41) is 59.0. The molecule has 0 aliphatic heterocycles. The van der Waals surface area contributed by atoms with Gasteiger partial charge in [0.2, 0.25) is 0 Å². The van der Waals surface area contributed by atoms with Crippen LogP contribution in [0.15, 0.2) is 0 Å². The molecule has 0 saturated heterocycles. The van der Waals surface area contributed by atoms with Crippen molar-refractivity contribution in [3.8, 4) is 0 Å². The molecule has 0 atom stereocenters. The van der Waals surface area contributed by atoms with E-state index in [0.717, 1.165) is 0 Å². The second-order valence-corrected chi connectivity index (χ2v) is 0.894. The van der Waals surface area contributed by atoms with E-state index in [4.69, 9.17) is 61.3 Å². The first-order valence-electron chi connectivity index (χ1n) is 2.19. The third-order valence-electron chi connectivity index (χ3n) is 0. The number of rotatable bonds is 0.